The Kier molecular flexibility index (Phi) is 6.81. The molecule has 1 aromatic heterocycles. The van der Waals surface area contributed by atoms with E-state index in [1.54, 1.807) is 31.2 Å². The van der Waals surface area contributed by atoms with Crippen molar-refractivity contribution in [3.8, 4) is 0 Å². The van der Waals surface area contributed by atoms with Crippen LogP contribution in [0.2, 0.25) is 0 Å². The lowest BCUT2D eigenvalue weighted by Gasteiger charge is -2.07. The van der Waals surface area contributed by atoms with E-state index >= 15 is 0 Å². The number of nitrogens with two attached hydrogens (primary N) is 1. The topological polar surface area (TPSA) is 112 Å². The highest BCUT2D eigenvalue weighted by molar-refractivity contribution is 7.99. The first-order chi connectivity index (χ1) is 12.0. The summed E-state index contributed by atoms with van der Waals surface area (Å²) in [7, 11) is 0. The summed E-state index contributed by atoms with van der Waals surface area (Å²) >= 11 is 1.20. The van der Waals surface area contributed by atoms with E-state index in [0.29, 0.717) is 28.8 Å². The Bertz CT molecular complexity index is 747. The molecule has 0 unspecified atom stereocenters. The largest absolute Gasteiger partial charge is 0.462 e. The second-order valence-corrected chi connectivity index (χ2v) is 6.10. The van der Waals surface area contributed by atoms with Gasteiger partial charge in [-0.3, -0.25) is 4.79 Å². The van der Waals surface area contributed by atoms with Crippen molar-refractivity contribution in [3.63, 3.8) is 0 Å². The zero-order valence-corrected chi connectivity index (χ0v) is 15.0. The first-order valence-corrected chi connectivity index (χ1v) is 8.92. The van der Waals surface area contributed by atoms with Crippen molar-refractivity contribution in [1.29, 1.82) is 0 Å². The van der Waals surface area contributed by atoms with Gasteiger partial charge in [0.15, 0.2) is 5.82 Å². The van der Waals surface area contributed by atoms with Crippen molar-refractivity contribution in [3.05, 3.63) is 35.7 Å². The predicted molar refractivity (Wildman–Crippen MR) is 95.9 cm³/mol. The molecule has 0 saturated heterocycles. The number of ether oxygens (including phenoxy) is 1. The third kappa shape index (κ3) is 5.21. The van der Waals surface area contributed by atoms with Gasteiger partial charge >= 0.3 is 5.97 Å². The minimum absolute atomic E-state index is 0.130. The van der Waals surface area contributed by atoms with Gasteiger partial charge in [0.25, 0.3) is 0 Å². The van der Waals surface area contributed by atoms with Gasteiger partial charge < -0.3 is 15.9 Å². The van der Waals surface area contributed by atoms with E-state index in [9.17, 15) is 9.59 Å². The Morgan fingerprint density at radius 1 is 1.32 bits per heavy atom. The maximum Gasteiger partial charge on any atom is 0.338 e. The molecule has 8 nitrogen and oxygen atoms in total. The van der Waals surface area contributed by atoms with Crippen molar-refractivity contribution in [2.45, 2.75) is 31.8 Å². The molecule has 1 amide bonds. The molecule has 0 aliphatic carbocycles. The number of nitrogen functional groups attached to an aromatic ring is 1. The number of esters is 1. The lowest BCUT2D eigenvalue weighted by atomic mass is 10.2. The molecule has 0 aliphatic rings. The highest BCUT2D eigenvalue weighted by Gasteiger charge is 2.13. The molecule has 0 spiro atoms. The van der Waals surface area contributed by atoms with E-state index < -0.39 is 5.97 Å². The molecule has 1 heterocycles. The Morgan fingerprint density at radius 2 is 2.12 bits per heavy atom. The second-order valence-electron chi connectivity index (χ2n) is 5.16. The Morgan fingerprint density at radius 3 is 2.84 bits per heavy atom. The highest BCUT2D eigenvalue weighted by Crippen LogP contribution is 2.17. The fourth-order valence-electron chi connectivity index (χ4n) is 2.07. The summed E-state index contributed by atoms with van der Waals surface area (Å²) in [6, 6.07) is 6.60. The zero-order valence-electron chi connectivity index (χ0n) is 14.2. The van der Waals surface area contributed by atoms with Crippen molar-refractivity contribution in [2.24, 2.45) is 0 Å². The number of rotatable bonds is 8. The third-order valence-electron chi connectivity index (χ3n) is 3.20. The summed E-state index contributed by atoms with van der Waals surface area (Å²) in [5.41, 5.74) is 0.912. The number of amides is 1. The normalized spacial score (nSPS) is 10.5. The van der Waals surface area contributed by atoms with Crippen LogP contribution in [0, 0.1) is 0 Å². The number of aromatic nitrogens is 3. The van der Waals surface area contributed by atoms with Gasteiger partial charge in [0.1, 0.15) is 0 Å². The quantitative estimate of drug-likeness (QED) is 0.418. The number of benzene rings is 1. The van der Waals surface area contributed by atoms with Crippen LogP contribution in [0.25, 0.3) is 0 Å². The monoisotopic (exact) mass is 363 g/mol. The van der Waals surface area contributed by atoms with Gasteiger partial charge in [-0.1, -0.05) is 24.8 Å². The second kappa shape index (κ2) is 9.07. The van der Waals surface area contributed by atoms with Crippen LogP contribution in [0.1, 0.15) is 36.5 Å². The number of hydrogen-bond acceptors (Lipinski definition) is 7. The van der Waals surface area contributed by atoms with E-state index in [4.69, 9.17) is 10.6 Å². The molecule has 0 radical (unpaired) electrons. The molecule has 0 saturated carbocycles. The maximum absolute atomic E-state index is 12.1. The fourth-order valence-corrected chi connectivity index (χ4v) is 2.74. The van der Waals surface area contributed by atoms with Gasteiger partial charge in [0.2, 0.25) is 11.1 Å². The van der Waals surface area contributed by atoms with E-state index in [-0.39, 0.29) is 11.7 Å². The zero-order chi connectivity index (χ0) is 18.2. The molecule has 2 rings (SSSR count). The molecule has 3 N–H and O–H groups in total. The predicted octanol–water partition coefficient (Wildman–Crippen LogP) is 1.85. The van der Waals surface area contributed by atoms with Crippen LogP contribution in [0.5, 0.6) is 0 Å². The molecular formula is C16H21N5O3S. The first kappa shape index (κ1) is 18.8. The summed E-state index contributed by atoms with van der Waals surface area (Å²) < 4.78 is 6.35. The average molecular weight is 363 g/mol. The number of carbonyl (C=O) groups excluding carboxylic acids is 2. The average Bonchev–Trinajstić information content (AvgIpc) is 2.94. The minimum Gasteiger partial charge on any atom is -0.462 e. The lowest BCUT2D eigenvalue weighted by Crippen LogP contribution is -2.17. The molecule has 0 fully saturated rings. The van der Waals surface area contributed by atoms with Gasteiger partial charge in [0.05, 0.1) is 17.9 Å². The molecule has 9 heteroatoms. The van der Waals surface area contributed by atoms with Crippen molar-refractivity contribution < 1.29 is 14.3 Å². The number of anilines is 1. The summed E-state index contributed by atoms with van der Waals surface area (Å²) in [6.07, 6.45) is 1.65. The standard InChI is InChI=1S/C16H21N5O3S/c1-3-6-13-19-20-16(21(13)17)25-10-14(22)18-12-8-5-7-11(9-12)15(23)24-4-2/h5,7-9H,3-4,6,10,17H2,1-2H3,(H,18,22). The van der Waals surface area contributed by atoms with Gasteiger partial charge in [-0.05, 0) is 31.5 Å². The number of aryl methyl sites for hydroxylation is 1. The summed E-state index contributed by atoms with van der Waals surface area (Å²) in [4.78, 5) is 23.8. The summed E-state index contributed by atoms with van der Waals surface area (Å²) in [5.74, 6) is 6.06. The van der Waals surface area contributed by atoms with Crippen molar-refractivity contribution in [1.82, 2.24) is 14.9 Å². The molecule has 2 aromatic rings. The molecule has 1 aromatic carbocycles. The first-order valence-electron chi connectivity index (χ1n) is 7.94. The van der Waals surface area contributed by atoms with Crippen molar-refractivity contribution >= 4 is 29.3 Å². The van der Waals surface area contributed by atoms with Crippen molar-refractivity contribution in [2.75, 3.05) is 23.5 Å². The van der Waals surface area contributed by atoms with Gasteiger partial charge in [-0.15, -0.1) is 10.2 Å². The van der Waals surface area contributed by atoms with Crippen LogP contribution in [-0.4, -0.2) is 39.1 Å². The fraction of sp³-hybridized carbons (Fsp3) is 0.375. The van der Waals surface area contributed by atoms with E-state index in [1.165, 1.54) is 16.4 Å². The SMILES string of the molecule is CCCc1nnc(SCC(=O)Nc2cccc(C(=O)OCC)c2)n1N. The smallest absolute Gasteiger partial charge is 0.338 e. The van der Waals surface area contributed by atoms with Crippen LogP contribution in [0.3, 0.4) is 0 Å². The molecule has 25 heavy (non-hydrogen) atoms. The number of carbonyl (C=O) groups is 2. The van der Waals surface area contributed by atoms with Crippen LogP contribution in [0.4, 0.5) is 5.69 Å². The number of hydrogen-bond donors (Lipinski definition) is 2. The molecule has 0 bridgehead atoms. The number of nitrogens with one attached hydrogen (secondary N) is 1. The minimum atomic E-state index is -0.423. The molecule has 0 aliphatic heterocycles. The van der Waals surface area contributed by atoms with Gasteiger partial charge in [-0.25, -0.2) is 9.47 Å². The van der Waals surface area contributed by atoms with Gasteiger partial charge in [0, 0.05) is 12.1 Å². The maximum atomic E-state index is 12.1. The molecular weight excluding hydrogens is 342 g/mol. The van der Waals surface area contributed by atoms with Crippen LogP contribution < -0.4 is 11.2 Å². The highest BCUT2D eigenvalue weighted by atomic mass is 32.2. The van der Waals surface area contributed by atoms with Crippen LogP contribution in [0.15, 0.2) is 29.4 Å². The molecule has 134 valence electrons. The Balaban J connectivity index is 1.92. The van der Waals surface area contributed by atoms with E-state index in [2.05, 4.69) is 15.5 Å². The van der Waals surface area contributed by atoms with Gasteiger partial charge in [-0.2, -0.15) is 0 Å². The van der Waals surface area contributed by atoms with Crippen LogP contribution >= 0.6 is 11.8 Å². The third-order valence-corrected chi connectivity index (χ3v) is 4.14. The molecule has 0 atom stereocenters. The Labute approximate surface area is 150 Å². The van der Waals surface area contributed by atoms with E-state index in [1.807, 2.05) is 6.92 Å². The lowest BCUT2D eigenvalue weighted by molar-refractivity contribution is -0.113. The van der Waals surface area contributed by atoms with Crippen LogP contribution in [-0.2, 0) is 16.0 Å². The number of thioether (sulfide) groups is 1. The Hall–Kier alpha value is -2.55. The number of nitrogens with zero attached hydrogens (tertiary/aromatic N) is 3. The van der Waals surface area contributed by atoms with E-state index in [0.717, 1.165) is 12.8 Å². The summed E-state index contributed by atoms with van der Waals surface area (Å²) in [6.45, 7) is 4.06. The summed E-state index contributed by atoms with van der Waals surface area (Å²) in [5, 5.41) is 11.2.